The van der Waals surface area contributed by atoms with Crippen LogP contribution in [0.5, 0.6) is 0 Å². The maximum Gasteiger partial charge on any atom is 0.303 e. The van der Waals surface area contributed by atoms with E-state index in [0.29, 0.717) is 18.0 Å². The van der Waals surface area contributed by atoms with E-state index in [-0.39, 0.29) is 12.3 Å². The van der Waals surface area contributed by atoms with Crippen LogP contribution in [0.15, 0.2) is 24.3 Å². The Hall–Kier alpha value is -2.63. The molecule has 1 aromatic heterocycles. The van der Waals surface area contributed by atoms with Gasteiger partial charge >= 0.3 is 5.97 Å². The van der Waals surface area contributed by atoms with Gasteiger partial charge in [-0.2, -0.15) is 5.10 Å². The van der Waals surface area contributed by atoms with Crippen molar-refractivity contribution in [2.45, 2.75) is 58.9 Å². The summed E-state index contributed by atoms with van der Waals surface area (Å²) in [4.78, 5) is 25.6. The third kappa shape index (κ3) is 4.04. The van der Waals surface area contributed by atoms with Gasteiger partial charge in [-0.3, -0.25) is 9.59 Å². The summed E-state index contributed by atoms with van der Waals surface area (Å²) in [6.07, 6.45) is 3.88. The van der Waals surface area contributed by atoms with Crippen LogP contribution < -0.4 is 0 Å². The van der Waals surface area contributed by atoms with Crippen molar-refractivity contribution in [2.24, 2.45) is 0 Å². The smallest absolute Gasteiger partial charge is 0.303 e. The zero-order valence-electron chi connectivity index (χ0n) is 16.2. The van der Waals surface area contributed by atoms with Crippen molar-refractivity contribution in [2.75, 3.05) is 6.54 Å². The number of amides is 1. The Bertz CT molecular complexity index is 839. The topological polar surface area (TPSA) is 75.4 Å². The molecule has 6 nitrogen and oxygen atoms in total. The van der Waals surface area contributed by atoms with E-state index in [1.807, 2.05) is 47.7 Å². The number of rotatable bonds is 5. The largest absolute Gasteiger partial charge is 0.481 e. The Kier molecular flexibility index (Phi) is 5.63. The molecule has 1 aliphatic heterocycles. The minimum Gasteiger partial charge on any atom is -0.481 e. The molecule has 0 spiro atoms. The van der Waals surface area contributed by atoms with E-state index in [4.69, 9.17) is 5.11 Å². The van der Waals surface area contributed by atoms with Crippen molar-refractivity contribution in [1.29, 1.82) is 0 Å². The number of carboxylic acids is 1. The van der Waals surface area contributed by atoms with Crippen LogP contribution in [-0.2, 0) is 11.2 Å². The van der Waals surface area contributed by atoms with Crippen molar-refractivity contribution in [3.05, 3.63) is 46.8 Å². The van der Waals surface area contributed by atoms with Crippen LogP contribution in [0.3, 0.4) is 0 Å². The summed E-state index contributed by atoms with van der Waals surface area (Å²) in [6, 6.07) is 7.81. The van der Waals surface area contributed by atoms with Gasteiger partial charge < -0.3 is 10.0 Å². The van der Waals surface area contributed by atoms with Crippen LogP contribution >= 0.6 is 0 Å². The van der Waals surface area contributed by atoms with Crippen molar-refractivity contribution in [3.8, 4) is 5.69 Å². The van der Waals surface area contributed by atoms with Gasteiger partial charge in [0.2, 0.25) is 0 Å². The molecule has 1 atom stereocenters. The molecule has 0 bridgehead atoms. The molecule has 0 radical (unpaired) electrons. The average molecular weight is 369 g/mol. The highest BCUT2D eigenvalue weighted by atomic mass is 16.4. The number of piperidine rings is 1. The second-order valence-electron chi connectivity index (χ2n) is 7.35. The van der Waals surface area contributed by atoms with Gasteiger partial charge in [0.25, 0.3) is 5.91 Å². The molecule has 1 aromatic carbocycles. The molecule has 1 fully saturated rings. The van der Waals surface area contributed by atoms with Gasteiger partial charge in [-0.1, -0.05) is 0 Å². The molecule has 1 N–H and O–H groups in total. The fraction of sp³-hybridized carbons (Fsp3) is 0.476. The van der Waals surface area contributed by atoms with Crippen LogP contribution in [0, 0.1) is 13.8 Å². The van der Waals surface area contributed by atoms with E-state index in [9.17, 15) is 9.59 Å². The summed E-state index contributed by atoms with van der Waals surface area (Å²) in [5.74, 6) is -0.722. The highest BCUT2D eigenvalue weighted by Gasteiger charge is 2.24. The standard InChI is InChI=1S/C21H27N3O3/c1-14-6-4-5-13-23(14)21(27)17-7-9-18(10-8-17)24-16(3)19(15(2)22-24)11-12-20(25)26/h7-10,14H,4-6,11-13H2,1-3H3,(H,25,26). The number of carboxylic acid groups (broad SMARTS) is 1. The van der Waals surface area contributed by atoms with Crippen LogP contribution in [-0.4, -0.2) is 44.3 Å². The fourth-order valence-electron chi connectivity index (χ4n) is 3.83. The molecular formula is C21H27N3O3. The maximum atomic E-state index is 12.8. The number of hydrogen-bond acceptors (Lipinski definition) is 3. The number of carbonyl (C=O) groups excluding carboxylic acids is 1. The normalized spacial score (nSPS) is 17.1. The summed E-state index contributed by atoms with van der Waals surface area (Å²) in [7, 11) is 0. The Morgan fingerprint density at radius 1 is 1.19 bits per heavy atom. The first kappa shape index (κ1) is 19.1. The number of carbonyl (C=O) groups is 2. The molecule has 3 rings (SSSR count). The lowest BCUT2D eigenvalue weighted by Gasteiger charge is -2.33. The number of aliphatic carboxylic acids is 1. The van der Waals surface area contributed by atoms with Gasteiger partial charge in [0, 0.05) is 30.3 Å². The van der Waals surface area contributed by atoms with Gasteiger partial charge in [0.05, 0.1) is 11.4 Å². The zero-order chi connectivity index (χ0) is 19.6. The molecule has 2 aromatic rings. The molecule has 144 valence electrons. The number of aryl methyl sites for hydroxylation is 1. The maximum absolute atomic E-state index is 12.8. The number of benzene rings is 1. The van der Waals surface area contributed by atoms with E-state index in [1.165, 1.54) is 6.42 Å². The highest BCUT2D eigenvalue weighted by molar-refractivity contribution is 5.94. The van der Waals surface area contributed by atoms with E-state index < -0.39 is 5.97 Å². The molecule has 6 heteroatoms. The predicted octanol–water partition coefficient (Wildman–Crippen LogP) is 3.52. The zero-order valence-corrected chi connectivity index (χ0v) is 16.2. The minimum atomic E-state index is -0.809. The molecule has 0 saturated carbocycles. The third-order valence-electron chi connectivity index (χ3n) is 5.45. The number of hydrogen-bond donors (Lipinski definition) is 1. The number of likely N-dealkylation sites (tertiary alicyclic amines) is 1. The monoisotopic (exact) mass is 369 g/mol. The predicted molar refractivity (Wildman–Crippen MR) is 103 cm³/mol. The fourth-order valence-corrected chi connectivity index (χ4v) is 3.83. The Morgan fingerprint density at radius 3 is 2.52 bits per heavy atom. The van der Waals surface area contributed by atoms with Gasteiger partial charge in [-0.25, -0.2) is 4.68 Å². The first-order valence-corrected chi connectivity index (χ1v) is 9.56. The lowest BCUT2D eigenvalue weighted by Crippen LogP contribution is -2.42. The van der Waals surface area contributed by atoms with Crippen molar-refractivity contribution >= 4 is 11.9 Å². The van der Waals surface area contributed by atoms with E-state index in [0.717, 1.165) is 42.0 Å². The third-order valence-corrected chi connectivity index (χ3v) is 5.45. The van der Waals surface area contributed by atoms with Gasteiger partial charge in [0.15, 0.2) is 0 Å². The van der Waals surface area contributed by atoms with Crippen LogP contribution in [0.2, 0.25) is 0 Å². The average Bonchev–Trinajstić information content (AvgIpc) is 2.94. The second-order valence-corrected chi connectivity index (χ2v) is 7.35. The molecular weight excluding hydrogens is 342 g/mol. The molecule has 1 saturated heterocycles. The lowest BCUT2D eigenvalue weighted by molar-refractivity contribution is -0.136. The van der Waals surface area contributed by atoms with Crippen molar-refractivity contribution in [3.63, 3.8) is 0 Å². The number of aromatic nitrogens is 2. The summed E-state index contributed by atoms with van der Waals surface area (Å²) in [6.45, 7) is 6.79. The Balaban J connectivity index is 1.80. The summed E-state index contributed by atoms with van der Waals surface area (Å²) < 4.78 is 1.82. The molecule has 1 aliphatic rings. The molecule has 1 amide bonds. The summed E-state index contributed by atoms with van der Waals surface area (Å²) >= 11 is 0. The van der Waals surface area contributed by atoms with E-state index in [2.05, 4.69) is 12.0 Å². The first-order chi connectivity index (χ1) is 12.9. The van der Waals surface area contributed by atoms with Crippen molar-refractivity contribution in [1.82, 2.24) is 14.7 Å². The SMILES string of the molecule is Cc1nn(-c2ccc(C(=O)N3CCCCC3C)cc2)c(C)c1CCC(=O)O. The molecule has 2 heterocycles. The van der Waals surface area contributed by atoms with Gasteiger partial charge in [0.1, 0.15) is 0 Å². The summed E-state index contributed by atoms with van der Waals surface area (Å²) in [5, 5.41) is 13.5. The van der Waals surface area contributed by atoms with Crippen LogP contribution in [0.4, 0.5) is 0 Å². The Labute approximate surface area is 159 Å². The Morgan fingerprint density at radius 2 is 1.89 bits per heavy atom. The van der Waals surface area contributed by atoms with Crippen molar-refractivity contribution < 1.29 is 14.7 Å². The van der Waals surface area contributed by atoms with Gasteiger partial charge in [-0.15, -0.1) is 0 Å². The van der Waals surface area contributed by atoms with E-state index >= 15 is 0 Å². The molecule has 1 unspecified atom stereocenters. The molecule has 0 aliphatic carbocycles. The van der Waals surface area contributed by atoms with Crippen LogP contribution in [0.25, 0.3) is 5.69 Å². The lowest BCUT2D eigenvalue weighted by atomic mass is 10.0. The minimum absolute atomic E-state index is 0.0873. The quantitative estimate of drug-likeness (QED) is 0.875. The van der Waals surface area contributed by atoms with Crippen LogP contribution in [0.1, 0.15) is 59.9 Å². The molecule has 27 heavy (non-hydrogen) atoms. The first-order valence-electron chi connectivity index (χ1n) is 9.56. The highest BCUT2D eigenvalue weighted by Crippen LogP contribution is 2.22. The second kappa shape index (κ2) is 7.94. The van der Waals surface area contributed by atoms with E-state index in [1.54, 1.807) is 0 Å². The number of nitrogens with zero attached hydrogens (tertiary/aromatic N) is 3. The summed E-state index contributed by atoms with van der Waals surface area (Å²) in [5.41, 5.74) is 4.33. The van der Waals surface area contributed by atoms with Gasteiger partial charge in [-0.05, 0) is 76.3 Å².